The fraction of sp³-hybridized carbons (Fsp3) is 1.00. The maximum absolute atomic E-state index is 10.1. The second kappa shape index (κ2) is 15.0. The van der Waals surface area contributed by atoms with E-state index >= 15 is 0 Å². The van der Waals surface area contributed by atoms with Crippen LogP contribution >= 0.6 is 0 Å². The lowest BCUT2D eigenvalue weighted by Gasteiger charge is -2.27. The molecule has 4 atom stereocenters. The van der Waals surface area contributed by atoms with Crippen molar-refractivity contribution in [3.05, 3.63) is 0 Å². The summed E-state index contributed by atoms with van der Waals surface area (Å²) in [6, 6.07) is 0. The maximum atomic E-state index is 10.1. The van der Waals surface area contributed by atoms with Gasteiger partial charge in [0.15, 0.2) is 0 Å². The van der Waals surface area contributed by atoms with Crippen LogP contribution in [0.4, 0.5) is 0 Å². The monoisotopic (exact) mass is 349 g/mol. The minimum atomic E-state index is -0.631. The maximum Gasteiger partial charge on any atom is 0.0900 e. The molecule has 0 aliphatic carbocycles. The van der Waals surface area contributed by atoms with E-state index in [9.17, 15) is 10.2 Å². The van der Waals surface area contributed by atoms with Gasteiger partial charge in [0.1, 0.15) is 0 Å². The molecule has 0 spiro atoms. The van der Waals surface area contributed by atoms with Crippen molar-refractivity contribution in [1.29, 1.82) is 0 Å². The lowest BCUT2D eigenvalue weighted by molar-refractivity contribution is -0.0207. The van der Waals surface area contributed by atoms with Crippen LogP contribution in [0.3, 0.4) is 0 Å². The molecule has 0 fully saturated rings. The van der Waals surface area contributed by atoms with Gasteiger partial charge in [-0.1, -0.05) is 40.5 Å². The van der Waals surface area contributed by atoms with E-state index in [4.69, 9.17) is 14.6 Å². The van der Waals surface area contributed by atoms with Crippen LogP contribution in [0.15, 0.2) is 0 Å². The molecule has 0 amide bonds. The molecule has 0 aromatic carbocycles. The molecule has 6 heteroatoms. The molecular formula is C18H39NO5. The third-order valence-corrected chi connectivity index (χ3v) is 4.17. The molecular weight excluding hydrogens is 310 g/mol. The highest BCUT2D eigenvalue weighted by atomic mass is 16.5. The fourth-order valence-electron chi connectivity index (χ4n) is 2.15. The van der Waals surface area contributed by atoms with Crippen molar-refractivity contribution in [2.75, 3.05) is 52.7 Å². The van der Waals surface area contributed by atoms with Gasteiger partial charge in [0, 0.05) is 32.8 Å². The van der Waals surface area contributed by atoms with Crippen LogP contribution in [0.2, 0.25) is 0 Å². The molecule has 4 unspecified atom stereocenters. The predicted octanol–water partition coefficient (Wildman–Crippen LogP) is 1.13. The van der Waals surface area contributed by atoms with E-state index in [-0.39, 0.29) is 19.8 Å². The Kier molecular flexibility index (Phi) is 14.9. The van der Waals surface area contributed by atoms with E-state index in [1.165, 1.54) is 0 Å². The van der Waals surface area contributed by atoms with Crippen LogP contribution in [0.5, 0.6) is 0 Å². The minimum Gasteiger partial charge on any atom is -0.395 e. The van der Waals surface area contributed by atoms with Crippen molar-refractivity contribution >= 4 is 0 Å². The zero-order chi connectivity index (χ0) is 18.4. The lowest BCUT2D eigenvalue weighted by Crippen LogP contribution is -2.42. The molecule has 0 aliphatic rings. The van der Waals surface area contributed by atoms with Gasteiger partial charge < -0.3 is 24.8 Å². The van der Waals surface area contributed by atoms with E-state index in [0.29, 0.717) is 44.7 Å². The van der Waals surface area contributed by atoms with Gasteiger partial charge in [-0.25, -0.2) is 0 Å². The average molecular weight is 350 g/mol. The third kappa shape index (κ3) is 13.1. The van der Waals surface area contributed by atoms with Gasteiger partial charge in [0.2, 0.25) is 0 Å². The van der Waals surface area contributed by atoms with Crippen LogP contribution in [0.1, 0.15) is 40.5 Å². The quantitative estimate of drug-likeness (QED) is 0.387. The van der Waals surface area contributed by atoms with Crippen molar-refractivity contribution < 1.29 is 24.8 Å². The van der Waals surface area contributed by atoms with Gasteiger partial charge in [-0.05, 0) is 11.8 Å². The van der Waals surface area contributed by atoms with E-state index in [2.05, 4.69) is 27.7 Å². The molecule has 0 aromatic rings. The van der Waals surface area contributed by atoms with E-state index in [1.54, 1.807) is 0 Å². The predicted molar refractivity (Wildman–Crippen MR) is 96.1 cm³/mol. The number of aliphatic hydroxyl groups is 3. The Hall–Kier alpha value is -0.240. The zero-order valence-electron chi connectivity index (χ0n) is 16.0. The minimum absolute atomic E-state index is 0.0130. The SMILES string of the molecule is CCC(C)COCC(O)CN(CCO)CC(O)COCC(C)CC. The molecule has 146 valence electrons. The van der Waals surface area contributed by atoms with Gasteiger partial charge >= 0.3 is 0 Å². The van der Waals surface area contributed by atoms with Crippen molar-refractivity contribution in [3.8, 4) is 0 Å². The summed E-state index contributed by atoms with van der Waals surface area (Å²) < 4.78 is 11.0. The van der Waals surface area contributed by atoms with Crippen LogP contribution in [0.25, 0.3) is 0 Å². The highest BCUT2D eigenvalue weighted by Gasteiger charge is 2.16. The summed E-state index contributed by atoms with van der Waals surface area (Å²) in [5, 5.41) is 29.3. The first-order chi connectivity index (χ1) is 11.4. The molecule has 24 heavy (non-hydrogen) atoms. The molecule has 0 aliphatic heterocycles. The molecule has 0 saturated carbocycles. The van der Waals surface area contributed by atoms with E-state index in [0.717, 1.165) is 12.8 Å². The Balaban J connectivity index is 4.04. The molecule has 6 nitrogen and oxygen atoms in total. The van der Waals surface area contributed by atoms with Crippen LogP contribution in [-0.2, 0) is 9.47 Å². The lowest BCUT2D eigenvalue weighted by atomic mass is 10.1. The summed E-state index contributed by atoms with van der Waals surface area (Å²) in [5.74, 6) is 0.963. The van der Waals surface area contributed by atoms with Gasteiger partial charge in [0.25, 0.3) is 0 Å². The van der Waals surface area contributed by atoms with Gasteiger partial charge in [-0.3, -0.25) is 4.90 Å². The number of ether oxygens (including phenoxy) is 2. The Morgan fingerprint density at radius 1 is 0.792 bits per heavy atom. The molecule has 3 N–H and O–H groups in total. The largest absolute Gasteiger partial charge is 0.395 e. The Bertz CT molecular complexity index is 256. The number of hydrogen-bond acceptors (Lipinski definition) is 6. The molecule has 0 saturated heterocycles. The standard InChI is InChI=1S/C18H39NO5/c1-5-15(3)11-23-13-17(21)9-19(7-8-20)10-18(22)14-24-12-16(4)6-2/h15-18,20-22H,5-14H2,1-4H3. The summed E-state index contributed by atoms with van der Waals surface area (Å²) >= 11 is 0. The molecule has 0 rings (SSSR count). The van der Waals surface area contributed by atoms with Crippen molar-refractivity contribution in [3.63, 3.8) is 0 Å². The number of rotatable bonds is 16. The van der Waals surface area contributed by atoms with Crippen molar-refractivity contribution in [2.45, 2.75) is 52.7 Å². The molecule has 0 radical (unpaired) electrons. The van der Waals surface area contributed by atoms with E-state index in [1.807, 2.05) is 4.90 Å². The fourth-order valence-corrected chi connectivity index (χ4v) is 2.15. The van der Waals surface area contributed by atoms with Crippen molar-refractivity contribution in [2.24, 2.45) is 11.8 Å². The summed E-state index contributed by atoms with van der Waals surface area (Å²) in [4.78, 5) is 1.84. The van der Waals surface area contributed by atoms with Gasteiger partial charge in [-0.2, -0.15) is 0 Å². The van der Waals surface area contributed by atoms with Crippen LogP contribution < -0.4 is 0 Å². The first kappa shape index (κ1) is 23.8. The summed E-state index contributed by atoms with van der Waals surface area (Å²) in [6.07, 6.45) is 0.841. The third-order valence-electron chi connectivity index (χ3n) is 4.17. The Morgan fingerprint density at radius 3 is 1.54 bits per heavy atom. The highest BCUT2D eigenvalue weighted by molar-refractivity contribution is 4.69. The second-order valence-corrected chi connectivity index (χ2v) is 6.89. The Morgan fingerprint density at radius 2 is 1.21 bits per heavy atom. The molecule has 0 bridgehead atoms. The first-order valence-electron chi connectivity index (χ1n) is 9.27. The van der Waals surface area contributed by atoms with Crippen molar-refractivity contribution in [1.82, 2.24) is 4.90 Å². The Labute approximate surface area is 147 Å². The second-order valence-electron chi connectivity index (χ2n) is 6.89. The van der Waals surface area contributed by atoms with Crippen LogP contribution in [-0.4, -0.2) is 85.1 Å². The summed E-state index contributed by atoms with van der Waals surface area (Å²) in [5.41, 5.74) is 0. The first-order valence-corrected chi connectivity index (χ1v) is 9.27. The van der Waals surface area contributed by atoms with Gasteiger partial charge in [0.05, 0.1) is 32.0 Å². The average Bonchev–Trinajstić information content (AvgIpc) is 2.54. The van der Waals surface area contributed by atoms with Crippen LogP contribution in [0, 0.1) is 11.8 Å². The van der Waals surface area contributed by atoms with Gasteiger partial charge in [-0.15, -0.1) is 0 Å². The van der Waals surface area contributed by atoms with E-state index < -0.39 is 12.2 Å². The number of aliphatic hydroxyl groups excluding tert-OH is 3. The number of hydrogen-bond donors (Lipinski definition) is 3. The highest BCUT2D eigenvalue weighted by Crippen LogP contribution is 2.04. The summed E-state index contributed by atoms with van der Waals surface area (Å²) in [6.45, 7) is 11.4. The normalized spacial score (nSPS) is 17.0. The molecule has 0 aromatic heterocycles. The smallest absolute Gasteiger partial charge is 0.0900 e. The summed E-state index contributed by atoms with van der Waals surface area (Å²) in [7, 11) is 0. The topological polar surface area (TPSA) is 82.4 Å². The molecule has 0 heterocycles. The number of nitrogens with zero attached hydrogens (tertiary/aromatic N) is 1. The zero-order valence-corrected chi connectivity index (χ0v) is 16.0.